The maximum Gasteiger partial charge on any atom is 0.329 e. The molecule has 2 aliphatic rings. The molecular weight excluding hydrogens is 428 g/mol. The van der Waals surface area contributed by atoms with Crippen LogP contribution < -0.4 is 5.32 Å². The second-order valence-electron chi connectivity index (χ2n) is 6.96. The molecule has 0 bridgehead atoms. The highest BCUT2D eigenvalue weighted by Crippen LogP contribution is 2.36. The lowest BCUT2D eigenvalue weighted by molar-refractivity contribution is -0.163. The molecule has 1 aromatic carbocycles. The van der Waals surface area contributed by atoms with Gasteiger partial charge in [0.1, 0.15) is 6.04 Å². The Labute approximate surface area is 171 Å². The molecule has 3 amide bonds. The lowest BCUT2D eigenvalue weighted by Gasteiger charge is -2.23. The first-order chi connectivity index (χ1) is 13.3. The number of anilines is 1. The molecule has 1 aliphatic heterocycles. The van der Waals surface area contributed by atoms with E-state index in [9.17, 15) is 19.2 Å². The number of hydrogen-bond donors (Lipinski definition) is 1. The van der Waals surface area contributed by atoms with Crippen molar-refractivity contribution in [3.63, 3.8) is 0 Å². The van der Waals surface area contributed by atoms with Crippen molar-refractivity contribution < 1.29 is 23.9 Å². The maximum atomic E-state index is 12.6. The van der Waals surface area contributed by atoms with Crippen LogP contribution in [0.5, 0.6) is 0 Å². The molecule has 148 valence electrons. The zero-order valence-corrected chi connectivity index (χ0v) is 17.1. The molecule has 0 saturated carbocycles. The minimum absolute atomic E-state index is 0.352. The quantitative estimate of drug-likeness (QED) is 0.424. The Balaban J connectivity index is 1.61. The third-order valence-electron chi connectivity index (χ3n) is 5.02. The van der Waals surface area contributed by atoms with Gasteiger partial charge in [0.05, 0.1) is 11.8 Å². The summed E-state index contributed by atoms with van der Waals surface area (Å²) >= 11 is 3.31. The van der Waals surface area contributed by atoms with Crippen LogP contribution in [0.3, 0.4) is 0 Å². The van der Waals surface area contributed by atoms with E-state index in [0.717, 1.165) is 9.37 Å². The van der Waals surface area contributed by atoms with Crippen molar-refractivity contribution in [2.45, 2.75) is 38.8 Å². The van der Waals surface area contributed by atoms with Crippen molar-refractivity contribution >= 4 is 45.3 Å². The zero-order chi connectivity index (χ0) is 20.4. The summed E-state index contributed by atoms with van der Waals surface area (Å²) in [5.74, 6) is -2.82. The van der Waals surface area contributed by atoms with Crippen LogP contribution in [0.1, 0.15) is 26.7 Å². The number of ether oxygens (including phenoxy) is 1. The summed E-state index contributed by atoms with van der Waals surface area (Å²) in [4.78, 5) is 50.9. The number of halogens is 1. The number of benzene rings is 1. The lowest BCUT2D eigenvalue weighted by atomic mass is 9.85. The molecule has 1 aliphatic carbocycles. The SMILES string of the molecule is CC(OC(=O)C(C)N1C(=O)C2CC=CCC2C1=O)C(=O)Nc1cccc(Br)c1. The van der Waals surface area contributed by atoms with E-state index in [0.29, 0.717) is 18.5 Å². The first-order valence-electron chi connectivity index (χ1n) is 9.08. The molecule has 1 aromatic rings. The van der Waals surface area contributed by atoms with Gasteiger partial charge in [-0.15, -0.1) is 0 Å². The van der Waals surface area contributed by atoms with E-state index in [4.69, 9.17) is 4.74 Å². The Morgan fingerprint density at radius 2 is 1.75 bits per heavy atom. The smallest absolute Gasteiger partial charge is 0.329 e. The number of carbonyl (C=O) groups excluding carboxylic acids is 4. The van der Waals surface area contributed by atoms with Gasteiger partial charge in [-0.1, -0.05) is 34.1 Å². The van der Waals surface area contributed by atoms with Gasteiger partial charge in [0.2, 0.25) is 11.8 Å². The summed E-state index contributed by atoms with van der Waals surface area (Å²) in [6.45, 7) is 2.89. The maximum absolute atomic E-state index is 12.6. The Hall–Kier alpha value is -2.48. The fraction of sp³-hybridized carbons (Fsp3) is 0.400. The van der Waals surface area contributed by atoms with Crippen LogP contribution in [-0.4, -0.2) is 40.7 Å². The molecule has 8 heteroatoms. The van der Waals surface area contributed by atoms with Crippen LogP contribution in [0.15, 0.2) is 40.9 Å². The molecule has 0 radical (unpaired) electrons. The van der Waals surface area contributed by atoms with Gasteiger partial charge in [-0.05, 0) is 44.9 Å². The topological polar surface area (TPSA) is 92.8 Å². The largest absolute Gasteiger partial charge is 0.451 e. The van der Waals surface area contributed by atoms with E-state index in [2.05, 4.69) is 21.2 Å². The number of nitrogens with zero attached hydrogens (tertiary/aromatic N) is 1. The molecule has 1 N–H and O–H groups in total. The van der Waals surface area contributed by atoms with Gasteiger partial charge in [-0.2, -0.15) is 0 Å². The molecular formula is C20H21BrN2O5. The van der Waals surface area contributed by atoms with E-state index in [1.54, 1.807) is 18.2 Å². The van der Waals surface area contributed by atoms with Crippen molar-refractivity contribution in [1.82, 2.24) is 4.90 Å². The molecule has 4 unspecified atom stereocenters. The highest BCUT2D eigenvalue weighted by molar-refractivity contribution is 9.10. The molecule has 4 atom stereocenters. The number of nitrogens with one attached hydrogen (secondary N) is 1. The first-order valence-corrected chi connectivity index (χ1v) is 9.87. The van der Waals surface area contributed by atoms with Crippen molar-refractivity contribution in [2.75, 3.05) is 5.32 Å². The minimum Gasteiger partial charge on any atom is -0.451 e. The molecule has 0 spiro atoms. The minimum atomic E-state index is -1.08. The number of allylic oxidation sites excluding steroid dienone is 2. The third kappa shape index (κ3) is 4.01. The zero-order valence-electron chi connectivity index (χ0n) is 15.6. The normalized spacial score (nSPS) is 23.2. The summed E-state index contributed by atoms with van der Waals surface area (Å²) in [6, 6.07) is 5.92. The highest BCUT2D eigenvalue weighted by Gasteiger charge is 2.50. The van der Waals surface area contributed by atoms with Crippen LogP contribution in [0.25, 0.3) is 0 Å². The predicted molar refractivity (Wildman–Crippen MR) is 105 cm³/mol. The number of carbonyl (C=O) groups is 4. The number of imide groups is 1. The number of hydrogen-bond acceptors (Lipinski definition) is 5. The fourth-order valence-corrected chi connectivity index (χ4v) is 3.85. The molecule has 28 heavy (non-hydrogen) atoms. The standard InChI is InChI=1S/C20H21BrN2O5/c1-11(23-18(25)15-8-3-4-9-16(15)19(23)26)20(27)28-12(2)17(24)22-14-7-5-6-13(21)10-14/h3-7,10-12,15-16H,8-9H2,1-2H3,(H,22,24). The summed E-state index contributed by atoms with van der Waals surface area (Å²) in [5, 5.41) is 2.65. The number of esters is 1. The van der Waals surface area contributed by atoms with Crippen molar-refractivity contribution in [3.8, 4) is 0 Å². The van der Waals surface area contributed by atoms with Crippen molar-refractivity contribution in [3.05, 3.63) is 40.9 Å². The summed E-state index contributed by atoms with van der Waals surface area (Å²) < 4.78 is 6.01. The van der Waals surface area contributed by atoms with Gasteiger partial charge in [-0.25, -0.2) is 4.79 Å². The van der Waals surface area contributed by atoms with E-state index < -0.39 is 35.9 Å². The lowest BCUT2D eigenvalue weighted by Crippen LogP contribution is -2.46. The molecule has 3 rings (SSSR count). The van der Waals surface area contributed by atoms with E-state index in [-0.39, 0.29) is 11.8 Å². The summed E-state index contributed by atoms with van der Waals surface area (Å²) in [5.41, 5.74) is 0.553. The van der Waals surface area contributed by atoms with Gasteiger partial charge in [0.25, 0.3) is 5.91 Å². The van der Waals surface area contributed by atoms with Gasteiger partial charge < -0.3 is 10.1 Å². The van der Waals surface area contributed by atoms with Crippen molar-refractivity contribution in [2.24, 2.45) is 11.8 Å². The average molecular weight is 449 g/mol. The fourth-order valence-electron chi connectivity index (χ4n) is 3.45. The summed E-state index contributed by atoms with van der Waals surface area (Å²) in [6.07, 6.45) is 3.68. The molecule has 7 nitrogen and oxygen atoms in total. The summed E-state index contributed by atoms with van der Waals surface area (Å²) in [7, 11) is 0. The number of likely N-dealkylation sites (tertiary alicyclic amines) is 1. The Morgan fingerprint density at radius 1 is 1.14 bits per heavy atom. The number of rotatable bonds is 5. The monoisotopic (exact) mass is 448 g/mol. The van der Waals surface area contributed by atoms with Crippen molar-refractivity contribution in [1.29, 1.82) is 0 Å². The second kappa shape index (κ2) is 8.26. The van der Waals surface area contributed by atoms with Crippen LogP contribution >= 0.6 is 15.9 Å². The molecule has 1 heterocycles. The number of amides is 3. The Morgan fingerprint density at radius 3 is 2.32 bits per heavy atom. The third-order valence-corrected chi connectivity index (χ3v) is 5.52. The van der Waals surface area contributed by atoms with Gasteiger partial charge in [0, 0.05) is 10.2 Å². The second-order valence-corrected chi connectivity index (χ2v) is 7.87. The number of fused-ring (bicyclic) bond motifs is 1. The molecule has 1 fully saturated rings. The van der Waals surface area contributed by atoms with Crippen LogP contribution in [0, 0.1) is 11.8 Å². The van der Waals surface area contributed by atoms with E-state index in [1.807, 2.05) is 18.2 Å². The van der Waals surface area contributed by atoms with Crippen LogP contribution in [0.4, 0.5) is 5.69 Å². The van der Waals surface area contributed by atoms with Crippen LogP contribution in [0.2, 0.25) is 0 Å². The van der Waals surface area contributed by atoms with E-state index >= 15 is 0 Å². The highest BCUT2D eigenvalue weighted by atomic mass is 79.9. The van der Waals surface area contributed by atoms with Gasteiger partial charge in [-0.3, -0.25) is 19.3 Å². The van der Waals surface area contributed by atoms with E-state index in [1.165, 1.54) is 13.8 Å². The Bertz CT molecular complexity index is 827. The van der Waals surface area contributed by atoms with Gasteiger partial charge >= 0.3 is 5.97 Å². The first kappa shape index (κ1) is 20.3. The predicted octanol–water partition coefficient (Wildman–Crippen LogP) is 2.66. The molecule has 1 saturated heterocycles. The Kier molecular flexibility index (Phi) is 5.98. The molecule has 0 aromatic heterocycles. The average Bonchev–Trinajstić information content (AvgIpc) is 2.92. The van der Waals surface area contributed by atoms with Crippen LogP contribution in [-0.2, 0) is 23.9 Å². The van der Waals surface area contributed by atoms with Gasteiger partial charge in [0.15, 0.2) is 6.10 Å².